The summed E-state index contributed by atoms with van der Waals surface area (Å²) >= 11 is 3.21. The van der Waals surface area contributed by atoms with Gasteiger partial charge in [-0.15, -0.1) is 0 Å². The number of hydrogen-bond donors (Lipinski definition) is 1. The fourth-order valence-electron chi connectivity index (χ4n) is 1.42. The third-order valence-corrected chi connectivity index (χ3v) is 2.79. The summed E-state index contributed by atoms with van der Waals surface area (Å²) in [6, 6.07) is 10.1. The average Bonchev–Trinajstić information content (AvgIpc) is 2.36. The Kier molecular flexibility index (Phi) is 3.58. The molecule has 0 saturated heterocycles. The number of hydrogen-bond acceptors (Lipinski definition) is 2. The van der Waals surface area contributed by atoms with Gasteiger partial charge in [0, 0.05) is 4.47 Å². The second kappa shape index (κ2) is 5.15. The molecule has 2 aromatic rings. The summed E-state index contributed by atoms with van der Waals surface area (Å²) in [5.41, 5.74) is 0.492. The Morgan fingerprint density at radius 1 is 1.00 bits per heavy atom. The summed E-state index contributed by atoms with van der Waals surface area (Å²) < 4.78 is 27.8. The molecule has 0 bridgehead atoms. The van der Waals surface area contributed by atoms with E-state index in [1.165, 1.54) is 24.3 Å². The summed E-state index contributed by atoms with van der Waals surface area (Å²) in [7, 11) is 0. The molecule has 0 radical (unpaired) electrons. The Hall–Kier alpha value is -1.93. The fourth-order valence-corrected chi connectivity index (χ4v) is 1.79. The van der Waals surface area contributed by atoms with Crippen molar-refractivity contribution < 1.29 is 8.78 Å². The molecule has 0 aliphatic rings. The highest BCUT2D eigenvalue weighted by Gasteiger charge is 2.07. The van der Waals surface area contributed by atoms with Gasteiger partial charge >= 0.3 is 0 Å². The normalized spacial score (nSPS) is 9.89. The van der Waals surface area contributed by atoms with Crippen LogP contribution in [0.15, 0.2) is 40.9 Å². The van der Waals surface area contributed by atoms with Crippen molar-refractivity contribution in [3.05, 3.63) is 58.1 Å². The highest BCUT2D eigenvalue weighted by molar-refractivity contribution is 9.10. The zero-order chi connectivity index (χ0) is 13.1. The van der Waals surface area contributed by atoms with Gasteiger partial charge in [0.1, 0.15) is 11.6 Å². The number of benzene rings is 2. The average molecular weight is 309 g/mol. The SMILES string of the molecule is N#Cc1ccc(Nc2cc(Br)ccc2F)c(F)c1. The lowest BCUT2D eigenvalue weighted by Gasteiger charge is -2.09. The Morgan fingerprint density at radius 2 is 1.78 bits per heavy atom. The van der Waals surface area contributed by atoms with Gasteiger partial charge in [-0.05, 0) is 36.4 Å². The molecule has 0 spiro atoms. The summed E-state index contributed by atoms with van der Waals surface area (Å²) in [5.74, 6) is -1.09. The van der Waals surface area contributed by atoms with Crippen LogP contribution >= 0.6 is 15.9 Å². The molecule has 1 N–H and O–H groups in total. The number of nitrogens with zero attached hydrogens (tertiary/aromatic N) is 1. The minimum absolute atomic E-state index is 0.117. The molecule has 0 atom stereocenters. The molecule has 2 aromatic carbocycles. The quantitative estimate of drug-likeness (QED) is 0.895. The lowest BCUT2D eigenvalue weighted by molar-refractivity contribution is 0.625. The first kappa shape index (κ1) is 12.5. The Labute approximate surface area is 111 Å². The van der Waals surface area contributed by atoms with Crippen LogP contribution in [0.25, 0.3) is 0 Å². The standard InChI is InChI=1S/C13H7BrF2N2/c14-9-2-3-10(15)13(6-9)18-12-4-1-8(7-17)5-11(12)16/h1-6,18H. The van der Waals surface area contributed by atoms with Gasteiger partial charge < -0.3 is 5.32 Å². The van der Waals surface area contributed by atoms with Gasteiger partial charge in [-0.2, -0.15) is 5.26 Å². The van der Waals surface area contributed by atoms with Gasteiger partial charge in [0.15, 0.2) is 0 Å². The van der Waals surface area contributed by atoms with Crippen molar-refractivity contribution in [2.24, 2.45) is 0 Å². The molecular formula is C13H7BrF2N2. The molecule has 90 valence electrons. The first-order valence-electron chi connectivity index (χ1n) is 5.02. The molecule has 2 nitrogen and oxygen atoms in total. The van der Waals surface area contributed by atoms with Crippen LogP contribution in [0, 0.1) is 23.0 Å². The van der Waals surface area contributed by atoms with Crippen LogP contribution < -0.4 is 5.32 Å². The van der Waals surface area contributed by atoms with Crippen molar-refractivity contribution in [1.29, 1.82) is 5.26 Å². The second-order valence-electron chi connectivity index (χ2n) is 3.56. The predicted octanol–water partition coefficient (Wildman–Crippen LogP) is 4.34. The summed E-state index contributed by atoms with van der Waals surface area (Å²) in [6.07, 6.45) is 0. The molecule has 0 amide bonds. The largest absolute Gasteiger partial charge is 0.351 e. The van der Waals surface area contributed by atoms with E-state index < -0.39 is 11.6 Å². The number of nitrogens with one attached hydrogen (secondary N) is 1. The molecule has 0 aromatic heterocycles. The molecule has 5 heteroatoms. The highest BCUT2D eigenvalue weighted by atomic mass is 79.9. The number of anilines is 2. The van der Waals surface area contributed by atoms with E-state index in [2.05, 4.69) is 21.2 Å². The van der Waals surface area contributed by atoms with Crippen molar-refractivity contribution >= 4 is 27.3 Å². The van der Waals surface area contributed by atoms with E-state index in [-0.39, 0.29) is 16.9 Å². The number of halogens is 3. The highest BCUT2D eigenvalue weighted by Crippen LogP contribution is 2.25. The second-order valence-corrected chi connectivity index (χ2v) is 4.47. The first-order chi connectivity index (χ1) is 8.60. The molecular weight excluding hydrogens is 302 g/mol. The summed E-state index contributed by atoms with van der Waals surface area (Å²) in [6.45, 7) is 0. The van der Waals surface area contributed by atoms with E-state index in [0.29, 0.717) is 4.47 Å². The maximum atomic E-state index is 13.6. The van der Waals surface area contributed by atoms with Crippen LogP contribution in [0.4, 0.5) is 20.2 Å². The topological polar surface area (TPSA) is 35.8 Å². The zero-order valence-corrected chi connectivity index (χ0v) is 10.6. The lowest BCUT2D eigenvalue weighted by atomic mass is 10.2. The predicted molar refractivity (Wildman–Crippen MR) is 68.5 cm³/mol. The van der Waals surface area contributed by atoms with Gasteiger partial charge in [-0.3, -0.25) is 0 Å². The van der Waals surface area contributed by atoms with Crippen molar-refractivity contribution in [2.75, 3.05) is 5.32 Å². The van der Waals surface area contributed by atoms with Gasteiger partial charge in [-0.25, -0.2) is 8.78 Å². The molecule has 0 saturated carbocycles. The Balaban J connectivity index is 2.34. The Morgan fingerprint density at radius 3 is 2.44 bits per heavy atom. The van der Waals surface area contributed by atoms with Crippen molar-refractivity contribution in [3.8, 4) is 6.07 Å². The summed E-state index contributed by atoms with van der Waals surface area (Å²) in [4.78, 5) is 0. The minimum atomic E-state index is -0.603. The smallest absolute Gasteiger partial charge is 0.147 e. The minimum Gasteiger partial charge on any atom is -0.351 e. The third-order valence-electron chi connectivity index (χ3n) is 2.30. The molecule has 18 heavy (non-hydrogen) atoms. The van der Waals surface area contributed by atoms with Crippen LogP contribution in [-0.4, -0.2) is 0 Å². The van der Waals surface area contributed by atoms with Crippen molar-refractivity contribution in [1.82, 2.24) is 0 Å². The maximum absolute atomic E-state index is 13.6. The van der Waals surface area contributed by atoms with E-state index in [1.54, 1.807) is 6.07 Å². The first-order valence-corrected chi connectivity index (χ1v) is 5.81. The summed E-state index contributed by atoms with van der Waals surface area (Å²) in [5, 5.41) is 11.3. The zero-order valence-electron chi connectivity index (χ0n) is 9.05. The van der Waals surface area contributed by atoms with Gasteiger partial charge in [0.2, 0.25) is 0 Å². The van der Waals surface area contributed by atoms with E-state index in [9.17, 15) is 8.78 Å². The molecule has 2 rings (SSSR count). The van der Waals surface area contributed by atoms with Crippen LogP contribution in [0.1, 0.15) is 5.56 Å². The van der Waals surface area contributed by atoms with Crippen LogP contribution in [0.3, 0.4) is 0 Å². The number of nitriles is 1. The molecule has 0 unspecified atom stereocenters. The van der Waals surface area contributed by atoms with E-state index >= 15 is 0 Å². The number of rotatable bonds is 2. The van der Waals surface area contributed by atoms with Crippen LogP contribution in [-0.2, 0) is 0 Å². The van der Waals surface area contributed by atoms with Crippen LogP contribution in [0.2, 0.25) is 0 Å². The van der Waals surface area contributed by atoms with Crippen molar-refractivity contribution in [2.45, 2.75) is 0 Å². The lowest BCUT2D eigenvalue weighted by Crippen LogP contribution is -1.97. The van der Waals surface area contributed by atoms with Crippen molar-refractivity contribution in [3.63, 3.8) is 0 Å². The maximum Gasteiger partial charge on any atom is 0.147 e. The third kappa shape index (κ3) is 2.66. The molecule has 0 fully saturated rings. The van der Waals surface area contributed by atoms with E-state index in [4.69, 9.17) is 5.26 Å². The molecule has 0 aliphatic carbocycles. The molecule has 0 aliphatic heterocycles. The van der Waals surface area contributed by atoms with Crippen LogP contribution in [0.5, 0.6) is 0 Å². The fraction of sp³-hybridized carbons (Fsp3) is 0. The molecule has 0 heterocycles. The van der Waals surface area contributed by atoms with Gasteiger partial charge in [0.05, 0.1) is 23.0 Å². The van der Waals surface area contributed by atoms with E-state index in [1.807, 2.05) is 6.07 Å². The monoisotopic (exact) mass is 308 g/mol. The van der Waals surface area contributed by atoms with Gasteiger partial charge in [0.25, 0.3) is 0 Å². The Bertz CT molecular complexity index is 635. The van der Waals surface area contributed by atoms with E-state index in [0.717, 1.165) is 6.07 Å². The van der Waals surface area contributed by atoms with Gasteiger partial charge in [-0.1, -0.05) is 15.9 Å².